The van der Waals surface area contributed by atoms with Crippen LogP contribution in [0.15, 0.2) is 72.8 Å². The highest BCUT2D eigenvalue weighted by Gasteiger charge is 2.30. The first-order valence-corrected chi connectivity index (χ1v) is 18.7. The van der Waals surface area contributed by atoms with Gasteiger partial charge >= 0.3 is 0 Å². The lowest BCUT2D eigenvalue weighted by molar-refractivity contribution is 0.358. The first kappa shape index (κ1) is 27.9. The van der Waals surface area contributed by atoms with Crippen LogP contribution >= 0.6 is 15.8 Å². The minimum atomic E-state index is -0.621. The number of benzene rings is 4. The van der Waals surface area contributed by atoms with Crippen LogP contribution in [0.2, 0.25) is 0 Å². The van der Waals surface area contributed by atoms with E-state index in [1.54, 1.807) is 0 Å². The van der Waals surface area contributed by atoms with Crippen LogP contribution in [0.3, 0.4) is 0 Å². The summed E-state index contributed by atoms with van der Waals surface area (Å²) < 4.78 is 18.9. The molecule has 4 aromatic rings. The van der Waals surface area contributed by atoms with Gasteiger partial charge < -0.3 is 14.2 Å². The van der Waals surface area contributed by atoms with Crippen LogP contribution in [-0.4, -0.2) is 32.1 Å². The Labute approximate surface area is 253 Å². The highest BCUT2D eigenvalue weighted by atomic mass is 31.1. The van der Waals surface area contributed by atoms with Crippen LogP contribution in [0, 0.1) is 6.92 Å². The van der Waals surface area contributed by atoms with Crippen molar-refractivity contribution in [3.8, 4) is 17.2 Å². The summed E-state index contributed by atoms with van der Waals surface area (Å²) in [6, 6.07) is 27.5. The molecule has 216 valence electrons. The zero-order valence-corrected chi connectivity index (χ0v) is 26.6. The predicted molar refractivity (Wildman–Crippen MR) is 179 cm³/mol. The van der Waals surface area contributed by atoms with Gasteiger partial charge in [0.15, 0.2) is 0 Å². The fraction of sp³-hybridized carbons (Fsp3) is 0.351. The lowest BCUT2D eigenvalue weighted by Gasteiger charge is -2.26. The first-order chi connectivity index (χ1) is 20.7. The normalized spacial score (nSPS) is 15.5. The lowest BCUT2D eigenvalue weighted by atomic mass is 10.0. The van der Waals surface area contributed by atoms with Gasteiger partial charge in [-0.05, 0) is 81.1 Å². The molecule has 0 aliphatic carbocycles. The number of hydrogen-bond donors (Lipinski definition) is 0. The molecule has 3 aliphatic rings. The van der Waals surface area contributed by atoms with Crippen molar-refractivity contribution >= 4 is 37.1 Å². The molecule has 0 N–H and O–H groups in total. The predicted octanol–water partition coefficient (Wildman–Crippen LogP) is 6.71. The summed E-state index contributed by atoms with van der Waals surface area (Å²) in [5.41, 5.74) is 7.06. The van der Waals surface area contributed by atoms with Gasteiger partial charge in [-0.3, -0.25) is 0 Å². The van der Waals surface area contributed by atoms with E-state index < -0.39 is 15.8 Å². The fourth-order valence-corrected chi connectivity index (χ4v) is 12.5. The van der Waals surface area contributed by atoms with E-state index in [-0.39, 0.29) is 0 Å². The molecule has 0 amide bonds. The van der Waals surface area contributed by atoms with Gasteiger partial charge in [-0.2, -0.15) is 0 Å². The quantitative estimate of drug-likeness (QED) is 0.191. The molecule has 1 unspecified atom stereocenters. The second-order valence-corrected chi connectivity index (χ2v) is 16.1. The molecule has 0 fully saturated rings. The maximum Gasteiger partial charge on any atom is 0.130 e. The molecule has 3 nitrogen and oxygen atoms in total. The molecule has 0 spiro atoms. The average Bonchev–Trinajstić information content (AvgIpc) is 3.79. The van der Waals surface area contributed by atoms with Gasteiger partial charge in [0, 0.05) is 35.2 Å². The van der Waals surface area contributed by atoms with Crippen molar-refractivity contribution in [3.63, 3.8) is 0 Å². The van der Waals surface area contributed by atoms with Gasteiger partial charge in [0.25, 0.3) is 0 Å². The monoisotopic (exact) mass is 594 g/mol. The summed E-state index contributed by atoms with van der Waals surface area (Å²) in [7, 11) is -1.18. The minimum absolute atomic E-state index is 0.557. The molecule has 7 rings (SSSR count). The minimum Gasteiger partial charge on any atom is -0.492 e. The highest BCUT2D eigenvalue weighted by Crippen LogP contribution is 2.47. The van der Waals surface area contributed by atoms with Gasteiger partial charge in [-0.15, -0.1) is 0 Å². The van der Waals surface area contributed by atoms with Crippen molar-refractivity contribution in [2.75, 3.05) is 32.1 Å². The van der Waals surface area contributed by atoms with E-state index in [4.69, 9.17) is 14.2 Å². The average molecular weight is 595 g/mol. The first-order valence-electron chi connectivity index (χ1n) is 15.6. The molecule has 42 heavy (non-hydrogen) atoms. The zero-order chi connectivity index (χ0) is 28.5. The molecule has 3 heterocycles. The van der Waals surface area contributed by atoms with E-state index in [1.165, 1.54) is 55.5 Å². The second kappa shape index (κ2) is 12.4. The molecule has 4 aromatic carbocycles. The van der Waals surface area contributed by atoms with Crippen molar-refractivity contribution in [1.29, 1.82) is 0 Å². The zero-order valence-electron chi connectivity index (χ0n) is 24.8. The van der Waals surface area contributed by atoms with Crippen LogP contribution in [0.5, 0.6) is 17.2 Å². The third-order valence-electron chi connectivity index (χ3n) is 8.94. The summed E-state index contributed by atoms with van der Waals surface area (Å²) >= 11 is 0. The summed E-state index contributed by atoms with van der Waals surface area (Å²) in [4.78, 5) is 0. The Balaban J connectivity index is 1.25. The van der Waals surface area contributed by atoms with Gasteiger partial charge in [0.05, 0.1) is 19.8 Å². The van der Waals surface area contributed by atoms with Crippen LogP contribution in [0.4, 0.5) is 0 Å². The number of para-hydroxylation sites is 3. The number of ether oxygens (including phenoxy) is 3. The maximum absolute atomic E-state index is 6.30. The number of aryl methyl sites for hydroxylation is 1. The highest BCUT2D eigenvalue weighted by molar-refractivity contribution is 7.74. The molecule has 3 aliphatic heterocycles. The third kappa shape index (κ3) is 5.25. The second-order valence-electron chi connectivity index (χ2n) is 11.6. The van der Waals surface area contributed by atoms with Crippen LogP contribution in [0.25, 0.3) is 0 Å². The van der Waals surface area contributed by atoms with Crippen molar-refractivity contribution in [2.45, 2.75) is 52.4 Å². The standard InChI is InChI=1S/C37H40O3P2/c1-3-9-27-10-4-14-31(26(27)2)41(32-15-5-11-28-18-21-38-35(28)32)24-8-25-42(33-16-6-12-29-19-22-39-36(29)33)34-17-7-13-30-20-23-40-37(30)34/h4-7,10-17H,3,8-9,18-25H2,1-2H3. The van der Waals surface area contributed by atoms with E-state index in [0.29, 0.717) is 0 Å². The van der Waals surface area contributed by atoms with E-state index in [9.17, 15) is 0 Å². The number of hydrogen-bond acceptors (Lipinski definition) is 3. The Morgan fingerprint density at radius 2 is 1.00 bits per heavy atom. The van der Waals surface area contributed by atoms with Gasteiger partial charge in [0.2, 0.25) is 0 Å². The summed E-state index contributed by atoms with van der Waals surface area (Å²) in [5.74, 6) is 3.44. The van der Waals surface area contributed by atoms with E-state index in [1.807, 2.05) is 0 Å². The van der Waals surface area contributed by atoms with Crippen LogP contribution < -0.4 is 35.4 Å². The Bertz CT molecular complexity index is 1540. The topological polar surface area (TPSA) is 27.7 Å². The van der Waals surface area contributed by atoms with E-state index in [2.05, 4.69) is 86.6 Å². The number of rotatable bonds is 10. The Morgan fingerprint density at radius 1 is 0.571 bits per heavy atom. The van der Waals surface area contributed by atoms with Gasteiger partial charge in [-0.25, -0.2) is 0 Å². The molecule has 0 saturated heterocycles. The number of fused-ring (bicyclic) bond motifs is 3. The molecule has 0 saturated carbocycles. The van der Waals surface area contributed by atoms with E-state index in [0.717, 1.165) is 81.5 Å². The molecule has 0 radical (unpaired) electrons. The molecular weight excluding hydrogens is 554 g/mol. The summed E-state index contributed by atoms with van der Waals surface area (Å²) in [5, 5.41) is 5.72. The van der Waals surface area contributed by atoms with Gasteiger partial charge in [0.1, 0.15) is 17.2 Å². The molecule has 0 bridgehead atoms. The Hall–Kier alpha value is -2.86. The molecule has 0 aromatic heterocycles. The van der Waals surface area contributed by atoms with Crippen molar-refractivity contribution in [1.82, 2.24) is 0 Å². The summed E-state index contributed by atoms with van der Waals surface area (Å²) in [6.07, 6.45) is 8.75. The Morgan fingerprint density at radius 3 is 1.48 bits per heavy atom. The van der Waals surface area contributed by atoms with Gasteiger partial charge in [-0.1, -0.05) is 86.1 Å². The fourth-order valence-electron chi connectivity index (χ4n) is 6.86. The molecular formula is C37H40O3P2. The van der Waals surface area contributed by atoms with Crippen LogP contribution in [-0.2, 0) is 25.7 Å². The van der Waals surface area contributed by atoms with Crippen molar-refractivity contribution < 1.29 is 14.2 Å². The SMILES string of the molecule is CCCc1cccc(P(CCCP(c2cccc3c2OCC3)c2cccc3c2OCC3)c2cccc3c2OCC3)c1C. The van der Waals surface area contributed by atoms with Crippen molar-refractivity contribution in [3.05, 3.63) is 101 Å². The van der Waals surface area contributed by atoms with E-state index >= 15 is 0 Å². The van der Waals surface area contributed by atoms with Crippen molar-refractivity contribution in [2.24, 2.45) is 0 Å². The maximum atomic E-state index is 6.30. The Kier molecular flexibility index (Phi) is 8.25. The lowest BCUT2D eigenvalue weighted by Crippen LogP contribution is -2.21. The smallest absolute Gasteiger partial charge is 0.130 e. The molecule has 1 atom stereocenters. The largest absolute Gasteiger partial charge is 0.492 e. The summed E-state index contributed by atoms with van der Waals surface area (Å²) in [6.45, 7) is 7.01. The third-order valence-corrected chi connectivity index (χ3v) is 14.3. The molecule has 5 heteroatoms. The van der Waals surface area contributed by atoms with Crippen LogP contribution in [0.1, 0.15) is 47.6 Å².